The number of nitrogens with zero attached hydrogens (tertiary/aromatic N) is 4. The maximum absolute atomic E-state index is 13.1. The van der Waals surface area contributed by atoms with Crippen molar-refractivity contribution in [3.05, 3.63) is 59.7 Å². The number of anilines is 2. The van der Waals surface area contributed by atoms with Crippen LogP contribution in [0.1, 0.15) is 37.8 Å². The van der Waals surface area contributed by atoms with E-state index in [9.17, 15) is 4.79 Å². The third-order valence-corrected chi connectivity index (χ3v) is 7.10. The summed E-state index contributed by atoms with van der Waals surface area (Å²) in [5.41, 5.74) is 4.93. The van der Waals surface area contributed by atoms with Gasteiger partial charge in [-0.2, -0.15) is 5.10 Å². The summed E-state index contributed by atoms with van der Waals surface area (Å²) in [7, 11) is 8.85. The molecule has 1 aromatic heterocycles. The lowest BCUT2D eigenvalue weighted by Gasteiger charge is -2.20. The van der Waals surface area contributed by atoms with Gasteiger partial charge in [0.1, 0.15) is 23.0 Å². The van der Waals surface area contributed by atoms with Crippen molar-refractivity contribution in [2.75, 3.05) is 52.1 Å². The summed E-state index contributed by atoms with van der Waals surface area (Å²) in [6, 6.07) is 12.1. The first-order chi connectivity index (χ1) is 20.1. The van der Waals surface area contributed by atoms with Crippen LogP contribution in [0, 0.1) is 24.7 Å². The van der Waals surface area contributed by atoms with Crippen LogP contribution < -0.4 is 19.7 Å². The molecule has 0 unspecified atom stereocenters. The number of rotatable bonds is 11. The van der Waals surface area contributed by atoms with E-state index in [0.717, 1.165) is 29.1 Å². The largest absolute Gasteiger partial charge is 0.496 e. The number of methoxy groups -OCH3 is 2. The normalized spacial score (nSPS) is 12.4. The van der Waals surface area contributed by atoms with Crippen LogP contribution in [-0.2, 0) is 4.79 Å². The number of aryl methyl sites for hydroxylation is 1. The van der Waals surface area contributed by atoms with Crippen LogP contribution in [0.25, 0.3) is 16.9 Å². The van der Waals surface area contributed by atoms with Crippen LogP contribution >= 0.6 is 0 Å². The maximum atomic E-state index is 13.1. The van der Waals surface area contributed by atoms with E-state index in [1.165, 1.54) is 12.8 Å². The number of benzene rings is 2. The van der Waals surface area contributed by atoms with Gasteiger partial charge in [-0.15, -0.1) is 12.3 Å². The Labute approximate surface area is 249 Å². The van der Waals surface area contributed by atoms with Gasteiger partial charge in [0.2, 0.25) is 0 Å². The summed E-state index contributed by atoms with van der Waals surface area (Å²) in [6.45, 7) is 6.12. The molecule has 1 aliphatic carbocycles. The fraction of sp³-hybridized carbons (Fsp3) is 0.364. The van der Waals surface area contributed by atoms with Gasteiger partial charge in [-0.05, 0) is 70.5 Å². The molecular weight excluding hydrogens is 528 g/mol. The van der Waals surface area contributed by atoms with Crippen molar-refractivity contribution in [1.82, 2.24) is 14.7 Å². The molecule has 222 valence electrons. The van der Waals surface area contributed by atoms with Crippen molar-refractivity contribution in [3.8, 4) is 40.8 Å². The molecule has 1 fully saturated rings. The van der Waals surface area contributed by atoms with Gasteiger partial charge in [0.25, 0.3) is 5.91 Å². The molecule has 0 radical (unpaired) electrons. The topological polar surface area (TPSA) is 95.7 Å². The minimum atomic E-state index is -0.146. The zero-order valence-corrected chi connectivity index (χ0v) is 25.9. The summed E-state index contributed by atoms with van der Waals surface area (Å²) < 4.78 is 12.9. The molecule has 0 aliphatic heterocycles. The van der Waals surface area contributed by atoms with Gasteiger partial charge in [-0.3, -0.25) is 9.69 Å². The Bertz CT molecular complexity index is 1500. The molecule has 9 heteroatoms. The second-order valence-electron chi connectivity index (χ2n) is 10.2. The van der Waals surface area contributed by atoms with Crippen molar-refractivity contribution >= 4 is 23.1 Å². The summed E-state index contributed by atoms with van der Waals surface area (Å²) >= 11 is 0. The number of terminal acetylenes is 1. The molecule has 1 amide bonds. The van der Waals surface area contributed by atoms with E-state index >= 15 is 0 Å². The molecular formula is C33H42N6O3. The minimum Gasteiger partial charge on any atom is -0.496 e. The zero-order chi connectivity index (χ0) is 31.0. The average molecular weight is 571 g/mol. The highest BCUT2D eigenvalue weighted by Crippen LogP contribution is 2.36. The maximum Gasteiger partial charge on any atom is 0.250 e. The summed E-state index contributed by atoms with van der Waals surface area (Å²) in [6.07, 6.45) is 10.6. The highest BCUT2D eigenvalue weighted by molar-refractivity contribution is 6.06. The molecule has 2 N–H and O–H groups in total. The van der Waals surface area contributed by atoms with Gasteiger partial charge < -0.3 is 25.1 Å². The van der Waals surface area contributed by atoms with Crippen LogP contribution in [0.15, 0.2) is 48.6 Å². The molecule has 1 saturated carbocycles. The van der Waals surface area contributed by atoms with E-state index in [2.05, 4.69) is 29.6 Å². The Morgan fingerprint density at radius 3 is 2.43 bits per heavy atom. The predicted molar refractivity (Wildman–Crippen MR) is 172 cm³/mol. The van der Waals surface area contributed by atoms with Crippen molar-refractivity contribution in [1.29, 1.82) is 5.41 Å². The van der Waals surface area contributed by atoms with E-state index in [1.54, 1.807) is 50.8 Å². The summed E-state index contributed by atoms with van der Waals surface area (Å²) in [5, 5.41) is 16.7. The smallest absolute Gasteiger partial charge is 0.250 e. The van der Waals surface area contributed by atoms with Crippen LogP contribution in [0.2, 0.25) is 0 Å². The third-order valence-electron chi connectivity index (χ3n) is 7.10. The van der Waals surface area contributed by atoms with E-state index in [4.69, 9.17) is 20.0 Å². The fourth-order valence-electron chi connectivity index (χ4n) is 4.65. The van der Waals surface area contributed by atoms with E-state index < -0.39 is 0 Å². The van der Waals surface area contributed by atoms with Crippen LogP contribution in [0.3, 0.4) is 0 Å². The number of likely N-dealkylation sites (N-methyl/N-ethyl adjacent to an activating group) is 2. The monoisotopic (exact) mass is 570 g/mol. The van der Waals surface area contributed by atoms with Crippen LogP contribution in [-0.4, -0.2) is 74.2 Å². The first-order valence-corrected chi connectivity index (χ1v) is 13.8. The third kappa shape index (κ3) is 7.20. The molecule has 0 bridgehead atoms. The molecule has 42 heavy (non-hydrogen) atoms. The number of carbonyl (C=O) groups excluding carboxylic acids is 1. The first-order valence-electron chi connectivity index (χ1n) is 13.8. The van der Waals surface area contributed by atoms with Crippen LogP contribution in [0.5, 0.6) is 11.5 Å². The summed E-state index contributed by atoms with van der Waals surface area (Å²) in [5.74, 6) is 4.10. The molecule has 4 rings (SSSR count). The molecule has 1 heterocycles. The number of hydrogen-bond donors (Lipinski definition) is 2. The molecule has 0 spiro atoms. The Kier molecular flexibility index (Phi) is 10.9. The van der Waals surface area contributed by atoms with Crippen molar-refractivity contribution in [2.24, 2.45) is 0 Å². The lowest BCUT2D eigenvalue weighted by Crippen LogP contribution is -2.26. The van der Waals surface area contributed by atoms with E-state index in [0.29, 0.717) is 40.3 Å². The molecule has 0 saturated heterocycles. The quantitative estimate of drug-likeness (QED) is 0.178. The number of aromatic nitrogens is 2. The Morgan fingerprint density at radius 2 is 1.86 bits per heavy atom. The highest BCUT2D eigenvalue weighted by atomic mass is 16.5. The van der Waals surface area contributed by atoms with Gasteiger partial charge >= 0.3 is 0 Å². The molecule has 1 aliphatic rings. The first kappa shape index (κ1) is 32.0. The van der Waals surface area contributed by atoms with Gasteiger partial charge in [0.15, 0.2) is 0 Å². The van der Waals surface area contributed by atoms with Crippen LogP contribution in [0.4, 0.5) is 11.5 Å². The second kappa shape index (κ2) is 14.4. The van der Waals surface area contributed by atoms with E-state index in [1.807, 2.05) is 56.4 Å². The Balaban J connectivity index is 0.00000155. The van der Waals surface area contributed by atoms with Gasteiger partial charge in [-0.25, -0.2) is 4.68 Å². The minimum absolute atomic E-state index is 0.146. The Hall–Kier alpha value is -4.55. The number of nitrogens with one attached hydrogen (secondary N) is 2. The van der Waals surface area contributed by atoms with Crippen molar-refractivity contribution in [3.63, 3.8) is 0 Å². The molecule has 9 nitrogen and oxygen atoms in total. The number of amides is 1. The Morgan fingerprint density at radius 1 is 1.19 bits per heavy atom. The fourth-order valence-corrected chi connectivity index (χ4v) is 4.65. The average Bonchev–Trinajstić information content (AvgIpc) is 3.76. The van der Waals surface area contributed by atoms with Crippen molar-refractivity contribution < 1.29 is 14.3 Å². The van der Waals surface area contributed by atoms with Crippen molar-refractivity contribution in [2.45, 2.75) is 39.7 Å². The molecule has 2 aromatic carbocycles. The zero-order valence-electron chi connectivity index (χ0n) is 25.9. The number of hydrogen-bond acceptors (Lipinski definition) is 7. The molecule has 0 atom stereocenters. The van der Waals surface area contributed by atoms with Gasteiger partial charge in [0, 0.05) is 44.0 Å². The number of ether oxygens (including phenoxy) is 2. The second-order valence-corrected chi connectivity index (χ2v) is 10.2. The van der Waals surface area contributed by atoms with Gasteiger partial charge in [-0.1, -0.05) is 18.2 Å². The standard InChI is InChI=1S/C30H38N6O3.C3H4/c1-19-10-11-21(17-26(19)39-7)29-28(20(2)31)30(32-3)36(33-29)23-14-15-25(38-6)24(18-23)35(5)27(37)9-8-16-34(4)22-12-13-22;1-3-2/h8-11,14-15,17-18,22,31-32H,12-13,16H2,1-7H3;1H,2H3/b9-8+,31-20?;. The highest BCUT2D eigenvalue weighted by Gasteiger charge is 2.25. The molecule has 3 aromatic rings. The predicted octanol–water partition coefficient (Wildman–Crippen LogP) is 5.55. The summed E-state index contributed by atoms with van der Waals surface area (Å²) in [4.78, 5) is 16.9. The number of carbonyl (C=O) groups is 1. The lowest BCUT2D eigenvalue weighted by molar-refractivity contribution is -0.113. The lowest BCUT2D eigenvalue weighted by atomic mass is 10.0. The van der Waals surface area contributed by atoms with E-state index in [-0.39, 0.29) is 5.91 Å². The van der Waals surface area contributed by atoms with Gasteiger partial charge in [0.05, 0.1) is 31.2 Å². The SMILES string of the molecule is C#CC.CNc1c(C(C)=N)c(-c2ccc(C)c(OC)c2)nn1-c1ccc(OC)c(N(C)C(=O)/C=C/CN(C)C2CC2)c1.